The van der Waals surface area contributed by atoms with E-state index in [1.807, 2.05) is 0 Å². The SMILES string of the molecule is C=C(CCC(C)(C)C=N)C(C)C[C@@H](/C=C\CCC)CC. The second-order valence-corrected chi connectivity index (χ2v) is 6.81. The molecule has 0 aliphatic heterocycles. The Kier molecular flexibility index (Phi) is 9.54. The van der Waals surface area contributed by atoms with Gasteiger partial charge in [0.25, 0.3) is 0 Å². The van der Waals surface area contributed by atoms with Gasteiger partial charge in [0, 0.05) is 6.21 Å². The summed E-state index contributed by atoms with van der Waals surface area (Å²) in [7, 11) is 0. The number of rotatable bonds is 11. The number of hydrogen-bond donors (Lipinski definition) is 1. The first-order chi connectivity index (χ1) is 9.36. The van der Waals surface area contributed by atoms with Crippen molar-refractivity contribution >= 4 is 6.21 Å². The topological polar surface area (TPSA) is 23.9 Å². The summed E-state index contributed by atoms with van der Waals surface area (Å²) in [5, 5.41) is 7.43. The van der Waals surface area contributed by atoms with Gasteiger partial charge in [0.1, 0.15) is 0 Å². The molecule has 0 aliphatic rings. The molecule has 0 spiro atoms. The highest BCUT2D eigenvalue weighted by molar-refractivity contribution is 5.60. The first kappa shape index (κ1) is 19.1. The minimum Gasteiger partial charge on any atom is -0.313 e. The zero-order chi connectivity index (χ0) is 15.6. The Morgan fingerprint density at radius 2 is 1.95 bits per heavy atom. The van der Waals surface area contributed by atoms with Gasteiger partial charge in [-0.1, -0.05) is 65.3 Å². The van der Waals surface area contributed by atoms with Crippen LogP contribution in [0.3, 0.4) is 0 Å². The van der Waals surface area contributed by atoms with E-state index >= 15 is 0 Å². The van der Waals surface area contributed by atoms with Gasteiger partial charge in [-0.3, -0.25) is 0 Å². The lowest BCUT2D eigenvalue weighted by atomic mass is 9.82. The van der Waals surface area contributed by atoms with Crippen LogP contribution in [0.2, 0.25) is 0 Å². The predicted molar refractivity (Wildman–Crippen MR) is 92.5 cm³/mol. The number of hydrogen-bond acceptors (Lipinski definition) is 1. The normalized spacial score (nSPS) is 15.2. The third kappa shape index (κ3) is 8.35. The molecule has 0 amide bonds. The van der Waals surface area contributed by atoms with E-state index in [1.54, 1.807) is 6.21 Å². The van der Waals surface area contributed by atoms with E-state index < -0.39 is 0 Å². The molecular formula is C19H35N. The van der Waals surface area contributed by atoms with Gasteiger partial charge < -0.3 is 5.41 Å². The van der Waals surface area contributed by atoms with Crippen LogP contribution < -0.4 is 0 Å². The summed E-state index contributed by atoms with van der Waals surface area (Å²) in [6.07, 6.45) is 13.2. The average Bonchev–Trinajstić information content (AvgIpc) is 2.43. The maximum Gasteiger partial charge on any atom is 0.000879 e. The fourth-order valence-corrected chi connectivity index (χ4v) is 2.26. The van der Waals surface area contributed by atoms with Crippen molar-refractivity contribution in [3.63, 3.8) is 0 Å². The van der Waals surface area contributed by atoms with Crippen molar-refractivity contribution < 1.29 is 0 Å². The summed E-state index contributed by atoms with van der Waals surface area (Å²) < 4.78 is 0. The van der Waals surface area contributed by atoms with Crippen LogP contribution in [0.5, 0.6) is 0 Å². The molecule has 2 atom stereocenters. The van der Waals surface area contributed by atoms with Gasteiger partial charge in [-0.25, -0.2) is 0 Å². The second-order valence-electron chi connectivity index (χ2n) is 6.81. The van der Waals surface area contributed by atoms with Gasteiger partial charge in [0.15, 0.2) is 0 Å². The molecule has 0 radical (unpaired) electrons. The molecule has 1 unspecified atom stereocenters. The predicted octanol–water partition coefficient (Wildman–Crippen LogP) is 6.41. The Hall–Kier alpha value is -0.850. The number of allylic oxidation sites excluding steroid dienone is 3. The third-order valence-electron chi connectivity index (χ3n) is 4.22. The maximum absolute atomic E-state index is 7.43. The van der Waals surface area contributed by atoms with Gasteiger partial charge >= 0.3 is 0 Å². The Labute approximate surface area is 127 Å². The molecular weight excluding hydrogens is 242 g/mol. The summed E-state index contributed by atoms with van der Waals surface area (Å²) in [5.41, 5.74) is 1.36. The Balaban J connectivity index is 4.25. The van der Waals surface area contributed by atoms with Gasteiger partial charge in [0.2, 0.25) is 0 Å². The molecule has 0 fully saturated rings. The minimum atomic E-state index is 0.00778. The first-order valence-corrected chi connectivity index (χ1v) is 8.22. The maximum atomic E-state index is 7.43. The smallest absolute Gasteiger partial charge is 0.000879 e. The Morgan fingerprint density at radius 1 is 1.30 bits per heavy atom. The first-order valence-electron chi connectivity index (χ1n) is 8.22. The van der Waals surface area contributed by atoms with Gasteiger partial charge in [-0.15, -0.1) is 0 Å². The molecule has 116 valence electrons. The molecule has 20 heavy (non-hydrogen) atoms. The molecule has 1 nitrogen and oxygen atoms in total. The monoisotopic (exact) mass is 277 g/mol. The van der Waals surface area contributed by atoms with Gasteiger partial charge in [0.05, 0.1) is 0 Å². The van der Waals surface area contributed by atoms with E-state index in [2.05, 4.69) is 53.3 Å². The summed E-state index contributed by atoms with van der Waals surface area (Å²) in [5.74, 6) is 1.26. The van der Waals surface area contributed by atoms with E-state index in [9.17, 15) is 0 Å². The van der Waals surface area contributed by atoms with E-state index in [0.29, 0.717) is 11.8 Å². The molecule has 0 saturated heterocycles. The minimum absolute atomic E-state index is 0.00778. The second kappa shape index (κ2) is 9.96. The fraction of sp³-hybridized carbons (Fsp3) is 0.737. The molecule has 0 aromatic rings. The summed E-state index contributed by atoms with van der Waals surface area (Å²) in [6.45, 7) is 15.3. The van der Waals surface area contributed by atoms with Crippen molar-refractivity contribution in [2.24, 2.45) is 17.3 Å². The van der Waals surface area contributed by atoms with Crippen LogP contribution in [0.25, 0.3) is 0 Å². The molecule has 0 bridgehead atoms. The summed E-state index contributed by atoms with van der Waals surface area (Å²) >= 11 is 0. The molecule has 0 rings (SSSR count). The Morgan fingerprint density at radius 3 is 2.45 bits per heavy atom. The fourth-order valence-electron chi connectivity index (χ4n) is 2.26. The number of nitrogens with one attached hydrogen (secondary N) is 1. The van der Waals surface area contributed by atoms with Crippen molar-refractivity contribution in [1.82, 2.24) is 0 Å². The van der Waals surface area contributed by atoms with E-state index in [-0.39, 0.29) is 5.41 Å². The highest BCUT2D eigenvalue weighted by Gasteiger charge is 2.17. The quantitative estimate of drug-likeness (QED) is 0.333. The van der Waals surface area contributed by atoms with Crippen LogP contribution in [-0.2, 0) is 0 Å². The largest absolute Gasteiger partial charge is 0.313 e. The van der Waals surface area contributed by atoms with Gasteiger partial charge in [-0.2, -0.15) is 0 Å². The summed E-state index contributed by atoms with van der Waals surface area (Å²) in [6, 6.07) is 0. The molecule has 1 heteroatoms. The Bertz CT molecular complexity index is 312. The van der Waals surface area contributed by atoms with E-state index in [0.717, 1.165) is 12.8 Å². The van der Waals surface area contributed by atoms with Gasteiger partial charge in [-0.05, 0) is 49.4 Å². The summed E-state index contributed by atoms with van der Waals surface area (Å²) in [4.78, 5) is 0. The lowest BCUT2D eigenvalue weighted by molar-refractivity contribution is 0.437. The zero-order valence-electron chi connectivity index (χ0n) is 14.3. The highest BCUT2D eigenvalue weighted by Crippen LogP contribution is 2.28. The van der Waals surface area contributed by atoms with Crippen LogP contribution in [0.15, 0.2) is 24.3 Å². The third-order valence-corrected chi connectivity index (χ3v) is 4.22. The van der Waals surface area contributed by atoms with Crippen LogP contribution in [0.4, 0.5) is 0 Å². The van der Waals surface area contributed by atoms with Crippen molar-refractivity contribution in [2.45, 2.75) is 73.1 Å². The molecule has 0 aromatic carbocycles. The van der Waals surface area contributed by atoms with Crippen molar-refractivity contribution in [1.29, 1.82) is 5.41 Å². The lowest BCUT2D eigenvalue weighted by Crippen LogP contribution is -2.14. The van der Waals surface area contributed by atoms with Crippen LogP contribution in [0, 0.1) is 22.7 Å². The average molecular weight is 277 g/mol. The van der Waals surface area contributed by atoms with Crippen LogP contribution >= 0.6 is 0 Å². The standard InChI is InChI=1S/C19H35N/c1-7-9-10-11-18(8-2)14-17(4)16(3)12-13-19(5,6)15-20/h10-11,15,17-18,20H,3,7-9,12-14H2,1-2,4-6H3/b11-10-,20-15?/t17?,18-/m1/s1. The van der Waals surface area contributed by atoms with E-state index in [4.69, 9.17) is 5.41 Å². The van der Waals surface area contributed by atoms with E-state index in [1.165, 1.54) is 31.3 Å². The van der Waals surface area contributed by atoms with Crippen molar-refractivity contribution in [3.05, 3.63) is 24.3 Å². The molecule has 0 aliphatic carbocycles. The van der Waals surface area contributed by atoms with Crippen molar-refractivity contribution in [3.8, 4) is 0 Å². The molecule has 0 heterocycles. The highest BCUT2D eigenvalue weighted by atomic mass is 14.4. The van der Waals surface area contributed by atoms with Crippen LogP contribution in [-0.4, -0.2) is 6.21 Å². The van der Waals surface area contributed by atoms with Crippen LogP contribution in [0.1, 0.15) is 73.1 Å². The molecule has 1 N–H and O–H groups in total. The zero-order valence-corrected chi connectivity index (χ0v) is 14.3. The van der Waals surface area contributed by atoms with Crippen molar-refractivity contribution in [2.75, 3.05) is 0 Å². The lowest BCUT2D eigenvalue weighted by Gasteiger charge is -2.23. The number of unbranched alkanes of at least 4 members (excludes halogenated alkanes) is 1. The molecule has 0 aromatic heterocycles. The molecule has 0 saturated carbocycles.